The Hall–Kier alpha value is -2.09. The van der Waals surface area contributed by atoms with E-state index >= 15 is 0 Å². The first-order chi connectivity index (χ1) is 11.5. The molecule has 0 saturated heterocycles. The molecule has 2 aromatic heterocycles. The highest BCUT2D eigenvalue weighted by atomic mass is 35.5. The fourth-order valence-electron chi connectivity index (χ4n) is 2.20. The molecule has 0 fully saturated rings. The third kappa shape index (κ3) is 3.53. The van der Waals surface area contributed by atoms with Crippen molar-refractivity contribution >= 4 is 21.6 Å². The van der Waals surface area contributed by atoms with Crippen molar-refractivity contribution in [1.82, 2.24) is 4.31 Å². The van der Waals surface area contributed by atoms with Crippen LogP contribution in [-0.4, -0.2) is 12.7 Å². The Morgan fingerprint density at radius 2 is 1.58 bits per heavy atom. The van der Waals surface area contributed by atoms with Crippen LogP contribution in [0.15, 0.2) is 68.7 Å². The van der Waals surface area contributed by atoms with Crippen molar-refractivity contribution in [1.29, 1.82) is 0 Å². The first-order valence-electron chi connectivity index (χ1n) is 6.97. The number of halogens is 2. The second-order valence-corrected chi connectivity index (χ2v) is 7.32. The SMILES string of the molecule is O=S(=O)(c1ccc(F)cc1Cl)N(Cc1ccco1)Cc1ccco1. The molecule has 0 aliphatic heterocycles. The van der Waals surface area contributed by atoms with Gasteiger partial charge in [-0.05, 0) is 42.5 Å². The van der Waals surface area contributed by atoms with E-state index in [9.17, 15) is 12.8 Å². The molecular weight excluding hydrogens is 357 g/mol. The van der Waals surface area contributed by atoms with Gasteiger partial charge in [0.15, 0.2) is 0 Å². The Kier molecular flexibility index (Phi) is 4.75. The molecule has 0 bridgehead atoms. The van der Waals surface area contributed by atoms with E-state index in [1.54, 1.807) is 24.3 Å². The molecule has 0 spiro atoms. The molecule has 8 heteroatoms. The summed E-state index contributed by atoms with van der Waals surface area (Å²) in [4.78, 5) is -0.177. The van der Waals surface area contributed by atoms with Crippen LogP contribution in [-0.2, 0) is 23.1 Å². The zero-order valence-corrected chi connectivity index (χ0v) is 13.9. The summed E-state index contributed by atoms with van der Waals surface area (Å²) in [5, 5.41) is -0.182. The maximum Gasteiger partial charge on any atom is 0.245 e. The van der Waals surface area contributed by atoms with Gasteiger partial charge in [0, 0.05) is 0 Å². The van der Waals surface area contributed by atoms with E-state index in [4.69, 9.17) is 20.4 Å². The molecule has 126 valence electrons. The van der Waals surface area contributed by atoms with E-state index in [-0.39, 0.29) is 23.0 Å². The average molecular weight is 370 g/mol. The van der Waals surface area contributed by atoms with Gasteiger partial charge in [0.25, 0.3) is 0 Å². The van der Waals surface area contributed by atoms with E-state index in [2.05, 4.69) is 0 Å². The van der Waals surface area contributed by atoms with Crippen LogP contribution in [0.25, 0.3) is 0 Å². The number of benzene rings is 1. The lowest BCUT2D eigenvalue weighted by molar-refractivity contribution is 0.330. The maximum atomic E-state index is 13.2. The van der Waals surface area contributed by atoms with Crippen molar-refractivity contribution in [3.8, 4) is 0 Å². The van der Waals surface area contributed by atoms with Crippen molar-refractivity contribution in [2.24, 2.45) is 0 Å². The van der Waals surface area contributed by atoms with E-state index in [1.807, 2.05) is 0 Å². The summed E-state index contributed by atoms with van der Waals surface area (Å²) in [6.07, 6.45) is 2.91. The van der Waals surface area contributed by atoms with Crippen molar-refractivity contribution in [2.75, 3.05) is 0 Å². The molecule has 3 rings (SSSR count). The summed E-state index contributed by atoms with van der Waals surface area (Å²) < 4.78 is 50.8. The van der Waals surface area contributed by atoms with Gasteiger partial charge in [-0.15, -0.1) is 0 Å². The monoisotopic (exact) mass is 369 g/mol. The summed E-state index contributed by atoms with van der Waals surface area (Å²) in [6, 6.07) is 9.82. The first kappa shape index (κ1) is 16.8. The van der Waals surface area contributed by atoms with Gasteiger partial charge >= 0.3 is 0 Å². The minimum atomic E-state index is -3.99. The molecule has 0 N–H and O–H groups in total. The minimum Gasteiger partial charge on any atom is -0.468 e. The molecule has 0 saturated carbocycles. The van der Waals surface area contributed by atoms with Crippen LogP contribution >= 0.6 is 11.6 Å². The van der Waals surface area contributed by atoms with Crippen molar-refractivity contribution < 1.29 is 21.6 Å². The van der Waals surface area contributed by atoms with Crippen LogP contribution in [0.3, 0.4) is 0 Å². The zero-order valence-electron chi connectivity index (χ0n) is 12.4. The van der Waals surface area contributed by atoms with Gasteiger partial charge in [-0.2, -0.15) is 4.31 Å². The van der Waals surface area contributed by atoms with Crippen LogP contribution < -0.4 is 0 Å². The fourth-order valence-corrected chi connectivity index (χ4v) is 4.08. The first-order valence-corrected chi connectivity index (χ1v) is 8.78. The van der Waals surface area contributed by atoms with E-state index < -0.39 is 15.8 Å². The Labute approximate surface area is 143 Å². The average Bonchev–Trinajstić information content (AvgIpc) is 3.19. The molecule has 2 heterocycles. The van der Waals surface area contributed by atoms with Crippen molar-refractivity contribution in [2.45, 2.75) is 18.0 Å². The lowest BCUT2D eigenvalue weighted by Crippen LogP contribution is -2.30. The van der Waals surface area contributed by atoms with Gasteiger partial charge in [0.05, 0.1) is 30.6 Å². The Balaban J connectivity index is 1.99. The summed E-state index contributed by atoms with van der Waals surface area (Å²) in [7, 11) is -3.99. The molecule has 0 aliphatic carbocycles. The van der Waals surface area contributed by atoms with Crippen LogP contribution in [0.4, 0.5) is 4.39 Å². The summed E-state index contributed by atoms with van der Waals surface area (Å²) in [5.41, 5.74) is 0. The Bertz CT molecular complexity index is 871. The van der Waals surface area contributed by atoms with Crippen LogP contribution in [0.2, 0.25) is 5.02 Å². The fraction of sp³-hybridized carbons (Fsp3) is 0.125. The summed E-state index contributed by atoms with van der Waals surface area (Å²) in [6.45, 7) is -0.0204. The largest absolute Gasteiger partial charge is 0.468 e. The molecule has 0 aliphatic rings. The normalized spacial score (nSPS) is 12.0. The van der Waals surface area contributed by atoms with Crippen LogP contribution in [0.5, 0.6) is 0 Å². The maximum absolute atomic E-state index is 13.2. The zero-order chi connectivity index (χ0) is 17.2. The molecule has 0 atom stereocenters. The number of sulfonamides is 1. The predicted molar refractivity (Wildman–Crippen MR) is 85.3 cm³/mol. The van der Waals surface area contributed by atoms with Crippen LogP contribution in [0.1, 0.15) is 11.5 Å². The number of hydrogen-bond donors (Lipinski definition) is 0. The number of nitrogens with zero attached hydrogens (tertiary/aromatic N) is 1. The third-order valence-corrected chi connectivity index (χ3v) is 5.61. The second kappa shape index (κ2) is 6.80. The van der Waals surface area contributed by atoms with Gasteiger partial charge < -0.3 is 8.83 Å². The van der Waals surface area contributed by atoms with Gasteiger partial charge in [-0.25, -0.2) is 12.8 Å². The number of furan rings is 2. The van der Waals surface area contributed by atoms with E-state index in [0.29, 0.717) is 11.5 Å². The standard InChI is InChI=1S/C16H13ClFNO4S/c17-15-9-12(18)5-6-16(15)24(20,21)19(10-13-3-1-7-22-13)11-14-4-2-8-23-14/h1-9H,10-11H2. The molecule has 0 unspecified atom stereocenters. The van der Waals surface area contributed by atoms with Gasteiger partial charge in [-0.3, -0.25) is 0 Å². The molecule has 0 radical (unpaired) electrons. The second-order valence-electron chi connectivity index (χ2n) is 5.01. The predicted octanol–water partition coefficient (Wildman–Crippen LogP) is 4.06. The molecule has 3 aromatic rings. The Morgan fingerprint density at radius 3 is 2.04 bits per heavy atom. The summed E-state index contributed by atoms with van der Waals surface area (Å²) in [5.74, 6) is 0.314. The van der Waals surface area contributed by atoms with Crippen LogP contribution in [0, 0.1) is 5.82 Å². The molecule has 0 amide bonds. The lowest BCUT2D eigenvalue weighted by atomic mass is 10.3. The Morgan fingerprint density at radius 1 is 1.00 bits per heavy atom. The third-order valence-electron chi connectivity index (χ3n) is 3.34. The highest BCUT2D eigenvalue weighted by Gasteiger charge is 2.28. The number of rotatable bonds is 6. The van der Waals surface area contributed by atoms with Gasteiger partial charge in [-0.1, -0.05) is 11.6 Å². The highest BCUT2D eigenvalue weighted by Crippen LogP contribution is 2.28. The molecule has 5 nitrogen and oxygen atoms in total. The van der Waals surface area contributed by atoms with E-state index in [0.717, 1.165) is 22.5 Å². The quantitative estimate of drug-likeness (QED) is 0.657. The minimum absolute atomic E-state index is 0.0102. The summed E-state index contributed by atoms with van der Waals surface area (Å²) >= 11 is 5.93. The molecular formula is C16H13ClFNO4S. The molecule has 24 heavy (non-hydrogen) atoms. The number of hydrogen-bond acceptors (Lipinski definition) is 4. The van der Waals surface area contributed by atoms with Gasteiger partial charge in [0.2, 0.25) is 10.0 Å². The van der Waals surface area contributed by atoms with E-state index in [1.165, 1.54) is 12.5 Å². The lowest BCUT2D eigenvalue weighted by Gasteiger charge is -2.21. The van der Waals surface area contributed by atoms with Crippen molar-refractivity contribution in [3.05, 3.63) is 77.4 Å². The highest BCUT2D eigenvalue weighted by molar-refractivity contribution is 7.89. The topological polar surface area (TPSA) is 63.7 Å². The van der Waals surface area contributed by atoms with Gasteiger partial charge in [0.1, 0.15) is 22.2 Å². The smallest absolute Gasteiger partial charge is 0.245 e. The van der Waals surface area contributed by atoms with Crippen molar-refractivity contribution in [3.63, 3.8) is 0 Å². The molecule has 1 aromatic carbocycles.